The van der Waals surface area contributed by atoms with Crippen molar-refractivity contribution in [3.63, 3.8) is 0 Å². The van der Waals surface area contributed by atoms with Gasteiger partial charge in [-0.3, -0.25) is 0 Å². The van der Waals surface area contributed by atoms with Crippen LogP contribution in [0, 0.1) is 17.2 Å². The van der Waals surface area contributed by atoms with Crippen LogP contribution >= 0.6 is 15.9 Å². The second kappa shape index (κ2) is 5.90. The topological polar surface area (TPSA) is 46.2 Å². The van der Waals surface area contributed by atoms with Gasteiger partial charge in [0.05, 0.1) is 6.10 Å². The zero-order valence-corrected chi connectivity index (χ0v) is 12.8. The molecule has 2 nitrogen and oxygen atoms in total. The van der Waals surface area contributed by atoms with Crippen LogP contribution in [0.15, 0.2) is 22.7 Å². The molecule has 19 heavy (non-hydrogen) atoms. The highest BCUT2D eigenvalue weighted by Gasteiger charge is 2.41. The van der Waals surface area contributed by atoms with Crippen molar-refractivity contribution in [2.45, 2.75) is 38.7 Å². The van der Waals surface area contributed by atoms with Gasteiger partial charge >= 0.3 is 0 Å². The molecule has 0 radical (unpaired) electrons. The summed E-state index contributed by atoms with van der Waals surface area (Å²) in [5.74, 6) is 0.170. The van der Waals surface area contributed by atoms with E-state index in [9.17, 15) is 9.50 Å². The fourth-order valence-electron chi connectivity index (χ4n) is 3.30. The number of hydrogen-bond donors (Lipinski definition) is 2. The number of nitrogens with two attached hydrogens (primary N) is 1. The zero-order valence-electron chi connectivity index (χ0n) is 11.2. The van der Waals surface area contributed by atoms with Crippen LogP contribution in [-0.4, -0.2) is 11.7 Å². The van der Waals surface area contributed by atoms with E-state index in [2.05, 4.69) is 22.9 Å². The first-order valence-corrected chi connectivity index (χ1v) is 7.61. The molecule has 0 bridgehead atoms. The molecule has 1 fully saturated rings. The molecule has 1 aromatic carbocycles. The van der Waals surface area contributed by atoms with E-state index in [0.29, 0.717) is 18.0 Å². The highest BCUT2D eigenvalue weighted by Crippen LogP contribution is 2.47. The molecular weight excluding hydrogens is 309 g/mol. The van der Waals surface area contributed by atoms with Crippen molar-refractivity contribution in [3.05, 3.63) is 34.1 Å². The van der Waals surface area contributed by atoms with Crippen molar-refractivity contribution in [1.29, 1.82) is 0 Å². The SMILES string of the molecule is CC1CCCC(CN)(C(O)c2cc(Br)ccc2F)C1. The van der Waals surface area contributed by atoms with Crippen LogP contribution in [0.2, 0.25) is 0 Å². The van der Waals surface area contributed by atoms with Gasteiger partial charge in [-0.15, -0.1) is 0 Å². The number of hydrogen-bond acceptors (Lipinski definition) is 2. The molecule has 2 rings (SSSR count). The van der Waals surface area contributed by atoms with Gasteiger partial charge in [-0.2, -0.15) is 0 Å². The average Bonchev–Trinajstić information content (AvgIpc) is 2.40. The lowest BCUT2D eigenvalue weighted by molar-refractivity contribution is -0.0151. The van der Waals surface area contributed by atoms with Gasteiger partial charge in [0.25, 0.3) is 0 Å². The molecule has 4 heteroatoms. The Morgan fingerprint density at radius 3 is 2.95 bits per heavy atom. The Kier molecular flexibility index (Phi) is 4.64. The van der Waals surface area contributed by atoms with Crippen LogP contribution in [0.25, 0.3) is 0 Å². The van der Waals surface area contributed by atoms with Gasteiger partial charge in [0.15, 0.2) is 0 Å². The first-order chi connectivity index (χ1) is 8.98. The zero-order chi connectivity index (χ0) is 14.0. The molecule has 106 valence electrons. The minimum Gasteiger partial charge on any atom is -0.388 e. The Labute approximate surface area is 122 Å². The molecule has 1 saturated carbocycles. The Morgan fingerprint density at radius 1 is 1.58 bits per heavy atom. The molecule has 1 aliphatic rings. The lowest BCUT2D eigenvalue weighted by Gasteiger charge is -2.43. The lowest BCUT2D eigenvalue weighted by Crippen LogP contribution is -2.41. The quantitative estimate of drug-likeness (QED) is 0.886. The summed E-state index contributed by atoms with van der Waals surface area (Å²) in [7, 11) is 0. The molecule has 3 atom stereocenters. The Bertz CT molecular complexity index is 454. The summed E-state index contributed by atoms with van der Waals surface area (Å²) in [5, 5.41) is 10.7. The third kappa shape index (κ3) is 3.01. The largest absolute Gasteiger partial charge is 0.388 e. The summed E-state index contributed by atoms with van der Waals surface area (Å²) in [6.07, 6.45) is 3.09. The first kappa shape index (κ1) is 14.9. The van der Waals surface area contributed by atoms with Gasteiger partial charge in [0.2, 0.25) is 0 Å². The van der Waals surface area contributed by atoms with E-state index in [1.165, 1.54) is 6.07 Å². The molecule has 0 aliphatic heterocycles. The number of benzene rings is 1. The molecule has 0 saturated heterocycles. The van der Waals surface area contributed by atoms with E-state index in [-0.39, 0.29) is 11.2 Å². The number of halogens is 2. The van der Waals surface area contributed by atoms with Crippen LogP contribution in [-0.2, 0) is 0 Å². The van der Waals surface area contributed by atoms with Crippen LogP contribution in [0.5, 0.6) is 0 Å². The fourth-order valence-corrected chi connectivity index (χ4v) is 3.68. The number of aliphatic hydroxyl groups is 1. The number of rotatable bonds is 3. The van der Waals surface area contributed by atoms with E-state index < -0.39 is 6.10 Å². The van der Waals surface area contributed by atoms with E-state index in [0.717, 1.165) is 30.2 Å². The van der Waals surface area contributed by atoms with Gasteiger partial charge in [-0.1, -0.05) is 35.7 Å². The van der Waals surface area contributed by atoms with Crippen molar-refractivity contribution in [1.82, 2.24) is 0 Å². The Hall–Kier alpha value is -0.450. The smallest absolute Gasteiger partial charge is 0.129 e. The maximum Gasteiger partial charge on any atom is 0.129 e. The Balaban J connectivity index is 2.34. The second-order valence-corrected chi connectivity index (χ2v) is 6.75. The normalized spacial score (nSPS) is 29.2. The van der Waals surface area contributed by atoms with Gasteiger partial charge < -0.3 is 10.8 Å². The minimum absolute atomic E-state index is 0.355. The average molecular weight is 330 g/mol. The molecule has 0 amide bonds. The van der Waals surface area contributed by atoms with E-state index in [1.54, 1.807) is 12.1 Å². The summed E-state index contributed by atoms with van der Waals surface area (Å²) in [6, 6.07) is 4.69. The van der Waals surface area contributed by atoms with Crippen LogP contribution < -0.4 is 5.73 Å². The molecule has 0 spiro atoms. The molecule has 1 aliphatic carbocycles. The fraction of sp³-hybridized carbons (Fsp3) is 0.600. The minimum atomic E-state index is -0.835. The third-order valence-electron chi connectivity index (χ3n) is 4.37. The van der Waals surface area contributed by atoms with Crippen molar-refractivity contribution in [3.8, 4) is 0 Å². The predicted octanol–water partition coefficient (Wildman–Crippen LogP) is 3.78. The Morgan fingerprint density at radius 2 is 2.32 bits per heavy atom. The van der Waals surface area contributed by atoms with Crippen molar-refractivity contribution in [2.75, 3.05) is 6.54 Å². The van der Waals surface area contributed by atoms with Gasteiger partial charge in [0.1, 0.15) is 5.82 Å². The van der Waals surface area contributed by atoms with Crippen molar-refractivity contribution < 1.29 is 9.50 Å². The number of aliphatic hydroxyl groups excluding tert-OH is 1. The van der Waals surface area contributed by atoms with Gasteiger partial charge in [0, 0.05) is 22.0 Å². The lowest BCUT2D eigenvalue weighted by atomic mass is 9.65. The molecule has 0 heterocycles. The van der Waals surface area contributed by atoms with Gasteiger partial charge in [-0.05, 0) is 37.0 Å². The van der Waals surface area contributed by atoms with Crippen LogP contribution in [0.3, 0.4) is 0 Å². The molecule has 0 aromatic heterocycles. The maximum absolute atomic E-state index is 14.0. The van der Waals surface area contributed by atoms with Crippen LogP contribution in [0.4, 0.5) is 4.39 Å². The standard InChI is InChI=1S/C15H21BrFNO/c1-10-3-2-6-15(8-10,9-18)14(19)12-7-11(16)4-5-13(12)17/h4-5,7,10,14,19H,2-3,6,8-9,18H2,1H3. The maximum atomic E-state index is 14.0. The van der Waals surface area contributed by atoms with E-state index in [4.69, 9.17) is 5.73 Å². The van der Waals surface area contributed by atoms with Crippen molar-refractivity contribution >= 4 is 15.9 Å². The first-order valence-electron chi connectivity index (χ1n) is 6.81. The van der Waals surface area contributed by atoms with Crippen LogP contribution in [0.1, 0.15) is 44.3 Å². The molecule has 3 unspecified atom stereocenters. The summed E-state index contributed by atoms with van der Waals surface area (Å²) >= 11 is 3.33. The van der Waals surface area contributed by atoms with E-state index >= 15 is 0 Å². The van der Waals surface area contributed by atoms with Gasteiger partial charge in [-0.25, -0.2) is 4.39 Å². The predicted molar refractivity (Wildman–Crippen MR) is 78.2 cm³/mol. The summed E-state index contributed by atoms with van der Waals surface area (Å²) in [5.41, 5.74) is 5.90. The summed E-state index contributed by atoms with van der Waals surface area (Å²) < 4.78 is 14.7. The van der Waals surface area contributed by atoms with Crippen molar-refractivity contribution in [2.24, 2.45) is 17.1 Å². The highest BCUT2D eigenvalue weighted by molar-refractivity contribution is 9.10. The summed E-state index contributed by atoms with van der Waals surface area (Å²) in [6.45, 7) is 2.57. The highest BCUT2D eigenvalue weighted by atomic mass is 79.9. The second-order valence-electron chi connectivity index (χ2n) is 5.84. The summed E-state index contributed by atoms with van der Waals surface area (Å²) in [4.78, 5) is 0. The molecular formula is C15H21BrFNO. The third-order valence-corrected chi connectivity index (χ3v) is 4.86. The molecule has 3 N–H and O–H groups in total. The molecule has 1 aromatic rings. The monoisotopic (exact) mass is 329 g/mol. The van der Waals surface area contributed by atoms with E-state index in [1.807, 2.05) is 0 Å².